The molecular formula is C18H20O. The number of hydrogen-bond acceptors (Lipinski definition) is 1. The lowest BCUT2D eigenvalue weighted by molar-refractivity contribution is -0.122. The maximum Gasteiger partial charge on any atom is 0.136 e. The zero-order valence-electron chi connectivity index (χ0n) is 11.3. The molecule has 19 heavy (non-hydrogen) atoms. The molecule has 1 aliphatic carbocycles. The van der Waals surface area contributed by atoms with Gasteiger partial charge in [-0.2, -0.15) is 0 Å². The molecule has 2 aromatic rings. The number of hydrogen-bond donors (Lipinski definition) is 0. The van der Waals surface area contributed by atoms with E-state index in [1.54, 1.807) is 0 Å². The summed E-state index contributed by atoms with van der Waals surface area (Å²) in [7, 11) is 0. The third-order valence-electron chi connectivity index (χ3n) is 4.28. The first kappa shape index (κ1) is 12.4. The smallest absolute Gasteiger partial charge is 0.136 e. The minimum Gasteiger partial charge on any atom is -0.299 e. The first-order valence-corrected chi connectivity index (χ1v) is 7.34. The summed E-state index contributed by atoms with van der Waals surface area (Å²) in [5.74, 6) is 0.721. The monoisotopic (exact) mass is 252 g/mol. The Morgan fingerprint density at radius 1 is 0.947 bits per heavy atom. The van der Waals surface area contributed by atoms with Crippen molar-refractivity contribution in [1.82, 2.24) is 0 Å². The second-order valence-electron chi connectivity index (χ2n) is 5.60. The van der Waals surface area contributed by atoms with Gasteiger partial charge in [-0.15, -0.1) is 0 Å². The van der Waals surface area contributed by atoms with Crippen LogP contribution < -0.4 is 0 Å². The van der Waals surface area contributed by atoms with Crippen molar-refractivity contribution in [1.29, 1.82) is 0 Å². The SMILES string of the molecule is O=C1CCCCCC1Cc1cccc2ccccc12. The summed E-state index contributed by atoms with van der Waals surface area (Å²) in [6.45, 7) is 0. The van der Waals surface area contributed by atoms with E-state index in [0.29, 0.717) is 5.78 Å². The summed E-state index contributed by atoms with van der Waals surface area (Å²) in [6.07, 6.45) is 6.29. The van der Waals surface area contributed by atoms with E-state index in [4.69, 9.17) is 0 Å². The summed E-state index contributed by atoms with van der Waals surface area (Å²) in [6, 6.07) is 14.9. The van der Waals surface area contributed by atoms with Crippen molar-refractivity contribution < 1.29 is 4.79 Å². The van der Waals surface area contributed by atoms with Crippen molar-refractivity contribution in [2.45, 2.75) is 38.5 Å². The van der Waals surface area contributed by atoms with Crippen LogP contribution in [0.2, 0.25) is 0 Å². The second kappa shape index (κ2) is 5.56. The summed E-state index contributed by atoms with van der Waals surface area (Å²) in [5, 5.41) is 2.59. The third kappa shape index (κ3) is 2.70. The lowest BCUT2D eigenvalue weighted by Gasteiger charge is -2.14. The normalized spacial score (nSPS) is 20.4. The molecule has 1 aliphatic rings. The third-order valence-corrected chi connectivity index (χ3v) is 4.28. The first-order valence-electron chi connectivity index (χ1n) is 7.34. The predicted octanol–water partition coefficient (Wildman–Crippen LogP) is 4.53. The van der Waals surface area contributed by atoms with Crippen molar-refractivity contribution in [3.8, 4) is 0 Å². The van der Waals surface area contributed by atoms with Crippen LogP contribution in [0.3, 0.4) is 0 Å². The lowest BCUT2D eigenvalue weighted by atomic mass is 9.89. The molecule has 0 spiro atoms. The van der Waals surface area contributed by atoms with E-state index in [0.717, 1.165) is 25.7 Å². The summed E-state index contributed by atoms with van der Waals surface area (Å²) >= 11 is 0. The fourth-order valence-corrected chi connectivity index (χ4v) is 3.18. The van der Waals surface area contributed by atoms with Crippen LogP contribution in [0.25, 0.3) is 10.8 Å². The van der Waals surface area contributed by atoms with E-state index in [2.05, 4.69) is 42.5 Å². The highest BCUT2D eigenvalue weighted by molar-refractivity contribution is 5.87. The quantitative estimate of drug-likeness (QED) is 0.717. The van der Waals surface area contributed by atoms with Crippen LogP contribution in [0, 0.1) is 5.92 Å². The largest absolute Gasteiger partial charge is 0.299 e. The van der Waals surface area contributed by atoms with Crippen LogP contribution in [0.4, 0.5) is 0 Å². The molecule has 0 radical (unpaired) electrons. The molecule has 0 aliphatic heterocycles. The molecule has 98 valence electrons. The van der Waals surface area contributed by atoms with Gasteiger partial charge in [-0.25, -0.2) is 0 Å². The molecular weight excluding hydrogens is 232 g/mol. The molecule has 0 heterocycles. The molecule has 0 aromatic heterocycles. The van der Waals surface area contributed by atoms with Gasteiger partial charge in [0.25, 0.3) is 0 Å². The number of rotatable bonds is 2. The predicted molar refractivity (Wildman–Crippen MR) is 79.2 cm³/mol. The van der Waals surface area contributed by atoms with Gasteiger partial charge in [-0.05, 0) is 35.6 Å². The zero-order valence-corrected chi connectivity index (χ0v) is 11.3. The van der Waals surface area contributed by atoms with Crippen LogP contribution in [0.5, 0.6) is 0 Å². The Morgan fingerprint density at radius 2 is 1.79 bits per heavy atom. The van der Waals surface area contributed by atoms with Gasteiger partial charge >= 0.3 is 0 Å². The fourth-order valence-electron chi connectivity index (χ4n) is 3.18. The Balaban J connectivity index is 1.90. The molecule has 1 unspecified atom stereocenters. The molecule has 0 bridgehead atoms. The Bertz CT molecular complexity index is 580. The van der Waals surface area contributed by atoms with Gasteiger partial charge in [0.2, 0.25) is 0 Å². The van der Waals surface area contributed by atoms with Crippen LogP contribution >= 0.6 is 0 Å². The number of Topliss-reactive ketones (excluding diaryl/α,β-unsaturated/α-hetero) is 1. The Hall–Kier alpha value is -1.63. The fraction of sp³-hybridized carbons (Fsp3) is 0.389. The molecule has 1 atom stereocenters. The van der Waals surface area contributed by atoms with Crippen LogP contribution in [0.15, 0.2) is 42.5 Å². The molecule has 0 N–H and O–H groups in total. The highest BCUT2D eigenvalue weighted by Crippen LogP contribution is 2.27. The van der Waals surface area contributed by atoms with E-state index in [9.17, 15) is 4.79 Å². The van der Waals surface area contributed by atoms with Gasteiger partial charge in [-0.1, -0.05) is 55.3 Å². The average molecular weight is 252 g/mol. The molecule has 1 saturated carbocycles. The molecule has 3 rings (SSSR count). The van der Waals surface area contributed by atoms with Crippen molar-refractivity contribution in [2.24, 2.45) is 5.92 Å². The number of fused-ring (bicyclic) bond motifs is 1. The van der Waals surface area contributed by atoms with Crippen molar-refractivity contribution in [2.75, 3.05) is 0 Å². The molecule has 0 amide bonds. The highest BCUT2D eigenvalue weighted by Gasteiger charge is 2.21. The van der Waals surface area contributed by atoms with Gasteiger partial charge in [0.05, 0.1) is 0 Å². The number of ketones is 1. The maximum atomic E-state index is 12.2. The molecule has 1 heteroatoms. The minimum atomic E-state index is 0.244. The van der Waals surface area contributed by atoms with Crippen molar-refractivity contribution in [3.05, 3.63) is 48.0 Å². The molecule has 0 saturated heterocycles. The summed E-state index contributed by atoms with van der Waals surface area (Å²) in [5.41, 5.74) is 1.33. The van der Waals surface area contributed by atoms with Gasteiger partial charge in [0.15, 0.2) is 0 Å². The molecule has 1 nitrogen and oxygen atoms in total. The van der Waals surface area contributed by atoms with Gasteiger partial charge in [0.1, 0.15) is 5.78 Å². The summed E-state index contributed by atoms with van der Waals surface area (Å²) < 4.78 is 0. The van der Waals surface area contributed by atoms with Gasteiger partial charge in [-0.3, -0.25) is 4.79 Å². The average Bonchev–Trinajstić information content (AvgIpc) is 2.65. The number of carbonyl (C=O) groups is 1. The maximum absolute atomic E-state index is 12.2. The second-order valence-corrected chi connectivity index (χ2v) is 5.60. The van der Waals surface area contributed by atoms with Gasteiger partial charge < -0.3 is 0 Å². The Morgan fingerprint density at radius 3 is 2.74 bits per heavy atom. The van der Waals surface area contributed by atoms with E-state index >= 15 is 0 Å². The lowest BCUT2D eigenvalue weighted by Crippen LogP contribution is -2.15. The van der Waals surface area contributed by atoms with E-state index in [-0.39, 0.29) is 5.92 Å². The zero-order chi connectivity index (χ0) is 13.1. The van der Waals surface area contributed by atoms with Crippen molar-refractivity contribution in [3.63, 3.8) is 0 Å². The first-order chi connectivity index (χ1) is 9.34. The van der Waals surface area contributed by atoms with E-state index in [1.165, 1.54) is 29.2 Å². The molecule has 1 fully saturated rings. The van der Waals surface area contributed by atoms with Crippen LogP contribution in [0.1, 0.15) is 37.7 Å². The minimum absolute atomic E-state index is 0.244. The summed E-state index contributed by atoms with van der Waals surface area (Å²) in [4.78, 5) is 12.2. The van der Waals surface area contributed by atoms with Crippen LogP contribution in [-0.4, -0.2) is 5.78 Å². The number of benzene rings is 2. The highest BCUT2D eigenvalue weighted by atomic mass is 16.1. The molecule has 2 aromatic carbocycles. The standard InChI is InChI=1S/C18H20O/c19-18-12-3-1-2-8-16(18)13-15-10-6-9-14-7-4-5-11-17(14)15/h4-7,9-11,16H,1-3,8,12-13H2. The van der Waals surface area contributed by atoms with Crippen LogP contribution in [-0.2, 0) is 11.2 Å². The van der Waals surface area contributed by atoms with Crippen molar-refractivity contribution >= 4 is 16.6 Å². The van der Waals surface area contributed by atoms with E-state index in [1.807, 2.05) is 0 Å². The van der Waals surface area contributed by atoms with Gasteiger partial charge in [0, 0.05) is 12.3 Å². The Kier molecular flexibility index (Phi) is 3.63. The Labute approximate surface area is 114 Å². The number of carbonyl (C=O) groups excluding carboxylic acids is 1. The topological polar surface area (TPSA) is 17.1 Å². The van der Waals surface area contributed by atoms with E-state index < -0.39 is 0 Å².